The SMILES string of the molecule is Cc1ccc(Nc2c(C#N)cnc3c(Cl)cc(N[C@H](C4=CN(C5CCN(C(C)(C)C)CC5)NN4)c4cnc(Cl)cc4Cl)cc23)cc1Cl. The maximum atomic E-state index is 10.0. The molecule has 2 aromatic heterocycles. The molecule has 6 rings (SSSR count). The van der Waals surface area contributed by atoms with Crippen molar-refractivity contribution in [1.29, 1.82) is 5.26 Å². The Morgan fingerprint density at radius 3 is 2.38 bits per heavy atom. The summed E-state index contributed by atoms with van der Waals surface area (Å²) in [6.07, 6.45) is 7.30. The number of hydrazine groups is 2. The number of hydrogen-bond acceptors (Lipinski definition) is 9. The Labute approximate surface area is 294 Å². The van der Waals surface area contributed by atoms with E-state index in [0.717, 1.165) is 42.9 Å². The van der Waals surface area contributed by atoms with Crippen molar-refractivity contribution >= 4 is 74.4 Å². The lowest BCUT2D eigenvalue weighted by atomic mass is 9.98. The molecular formula is C34H35Cl4N9. The third-order valence-electron chi connectivity index (χ3n) is 8.68. The van der Waals surface area contributed by atoms with Crippen LogP contribution < -0.4 is 21.6 Å². The van der Waals surface area contributed by atoms with Crippen molar-refractivity contribution in [3.63, 3.8) is 0 Å². The quantitative estimate of drug-likeness (QED) is 0.140. The van der Waals surface area contributed by atoms with E-state index in [1.54, 1.807) is 12.3 Å². The van der Waals surface area contributed by atoms with Crippen molar-refractivity contribution in [2.24, 2.45) is 0 Å². The number of nitriles is 1. The van der Waals surface area contributed by atoms with Crippen molar-refractivity contribution in [3.8, 4) is 6.07 Å². The molecule has 1 atom stereocenters. The van der Waals surface area contributed by atoms with E-state index in [-0.39, 0.29) is 5.54 Å². The predicted octanol–water partition coefficient (Wildman–Crippen LogP) is 8.75. The van der Waals surface area contributed by atoms with Gasteiger partial charge in [0.25, 0.3) is 0 Å². The van der Waals surface area contributed by atoms with Gasteiger partial charge in [0.2, 0.25) is 0 Å². The van der Waals surface area contributed by atoms with E-state index in [9.17, 15) is 5.26 Å². The third kappa shape index (κ3) is 7.19. The number of rotatable bonds is 7. The molecule has 4 aromatic rings. The fourth-order valence-electron chi connectivity index (χ4n) is 6.00. The zero-order valence-corrected chi connectivity index (χ0v) is 29.5. The van der Waals surface area contributed by atoms with Gasteiger partial charge in [-0.05, 0) is 76.4 Å². The minimum absolute atomic E-state index is 0.142. The van der Waals surface area contributed by atoms with Crippen LogP contribution in [0.1, 0.15) is 56.3 Å². The Kier molecular flexibility index (Phi) is 9.64. The van der Waals surface area contributed by atoms with Crippen molar-refractivity contribution in [2.45, 2.75) is 58.2 Å². The maximum Gasteiger partial charge on any atom is 0.130 e. The van der Waals surface area contributed by atoms with E-state index in [0.29, 0.717) is 59.7 Å². The van der Waals surface area contributed by atoms with Crippen LogP contribution in [0.2, 0.25) is 20.2 Å². The minimum Gasteiger partial charge on any atom is -0.373 e. The van der Waals surface area contributed by atoms with Crippen LogP contribution in [-0.4, -0.2) is 44.5 Å². The van der Waals surface area contributed by atoms with Gasteiger partial charge in [-0.25, -0.2) is 4.98 Å². The van der Waals surface area contributed by atoms with E-state index < -0.39 is 6.04 Å². The average molecular weight is 712 g/mol. The molecule has 0 radical (unpaired) electrons. The van der Waals surface area contributed by atoms with Gasteiger partial charge >= 0.3 is 0 Å². The zero-order valence-electron chi connectivity index (χ0n) is 26.4. The number of fused-ring (bicyclic) bond motifs is 1. The number of pyridine rings is 2. The van der Waals surface area contributed by atoms with Crippen molar-refractivity contribution in [2.75, 3.05) is 23.7 Å². The number of hydrogen-bond donors (Lipinski definition) is 4. The molecule has 1 saturated heterocycles. The second-order valence-corrected chi connectivity index (χ2v) is 14.4. The Morgan fingerprint density at radius 1 is 0.957 bits per heavy atom. The molecule has 2 aliphatic rings. The molecule has 0 spiro atoms. The van der Waals surface area contributed by atoms with Crippen molar-refractivity contribution in [3.05, 3.63) is 97.6 Å². The van der Waals surface area contributed by atoms with E-state index >= 15 is 0 Å². The number of aryl methyl sites for hydroxylation is 1. The first kappa shape index (κ1) is 33.4. The van der Waals surface area contributed by atoms with E-state index in [1.807, 2.05) is 37.3 Å². The summed E-state index contributed by atoms with van der Waals surface area (Å²) in [7, 11) is 0. The van der Waals surface area contributed by atoms with Gasteiger partial charge in [-0.2, -0.15) is 5.26 Å². The van der Waals surface area contributed by atoms with Gasteiger partial charge < -0.3 is 16.1 Å². The van der Waals surface area contributed by atoms with Gasteiger partial charge in [0.15, 0.2) is 0 Å². The minimum atomic E-state index is -0.465. The topological polar surface area (TPSA) is 104 Å². The summed E-state index contributed by atoms with van der Waals surface area (Å²) >= 11 is 26.2. The van der Waals surface area contributed by atoms with Crippen LogP contribution in [0.15, 0.2) is 60.7 Å². The lowest BCUT2D eigenvalue weighted by molar-refractivity contribution is 0.0570. The number of likely N-dealkylation sites (tertiary alicyclic amines) is 1. The molecule has 0 aliphatic carbocycles. The molecule has 0 bridgehead atoms. The molecule has 0 unspecified atom stereocenters. The molecule has 2 aliphatic heterocycles. The van der Waals surface area contributed by atoms with Crippen LogP contribution >= 0.6 is 46.4 Å². The Balaban J connectivity index is 1.36. The van der Waals surface area contributed by atoms with E-state index in [2.05, 4.69) is 74.5 Å². The molecule has 13 heteroatoms. The highest BCUT2D eigenvalue weighted by Crippen LogP contribution is 2.39. The number of halogens is 4. The maximum absolute atomic E-state index is 10.0. The lowest BCUT2D eigenvalue weighted by Gasteiger charge is -2.42. The standard InChI is InChI=1S/C34H35Cl4N9/c1-19-5-6-21(12-26(19)35)42-31-20(15-39)16-41-32-24(31)11-22(13-28(32)37)43-33(25-17-40-30(38)14-27(25)36)29-18-47(45-44-29)23-7-9-46(10-8-23)34(2,3)4/h5-6,11-14,16-18,23,33,43-45H,7-10H2,1-4H3,(H,41,42)/t33-/m0/s1. The number of aromatic nitrogens is 2. The van der Waals surface area contributed by atoms with E-state index in [1.165, 1.54) is 6.20 Å². The van der Waals surface area contributed by atoms with Gasteiger partial charge in [-0.1, -0.05) is 52.5 Å². The van der Waals surface area contributed by atoms with Crippen LogP contribution in [0.4, 0.5) is 17.1 Å². The third-order valence-corrected chi connectivity index (χ3v) is 9.91. The predicted molar refractivity (Wildman–Crippen MR) is 192 cm³/mol. The number of piperidine rings is 1. The van der Waals surface area contributed by atoms with Gasteiger partial charge in [0.1, 0.15) is 11.2 Å². The summed E-state index contributed by atoms with van der Waals surface area (Å²) in [6, 6.07) is 13.1. The lowest BCUT2D eigenvalue weighted by Crippen LogP contribution is -2.52. The smallest absolute Gasteiger partial charge is 0.130 e. The summed E-state index contributed by atoms with van der Waals surface area (Å²) in [6.45, 7) is 10.7. The largest absolute Gasteiger partial charge is 0.373 e. The highest BCUT2D eigenvalue weighted by Gasteiger charge is 2.32. The van der Waals surface area contributed by atoms with Crippen LogP contribution in [0.5, 0.6) is 0 Å². The number of benzene rings is 2. The molecule has 4 N–H and O–H groups in total. The van der Waals surface area contributed by atoms with E-state index in [4.69, 9.17) is 46.4 Å². The molecule has 2 aromatic carbocycles. The fourth-order valence-corrected chi connectivity index (χ4v) is 6.92. The fraction of sp³-hybridized carbons (Fsp3) is 0.324. The van der Waals surface area contributed by atoms with Crippen LogP contribution in [0.25, 0.3) is 10.9 Å². The normalized spacial score (nSPS) is 16.5. The molecule has 0 saturated carbocycles. The van der Waals surface area contributed by atoms with Crippen molar-refractivity contribution in [1.82, 2.24) is 30.8 Å². The molecule has 0 amide bonds. The van der Waals surface area contributed by atoms with Crippen LogP contribution in [0, 0.1) is 18.3 Å². The van der Waals surface area contributed by atoms with Gasteiger partial charge in [-0.3, -0.25) is 14.9 Å². The number of nitrogens with zero attached hydrogens (tertiary/aromatic N) is 5. The number of anilines is 3. The molecule has 4 heterocycles. The van der Waals surface area contributed by atoms with Crippen LogP contribution in [-0.2, 0) is 0 Å². The molecule has 244 valence electrons. The average Bonchev–Trinajstić information content (AvgIpc) is 3.52. The monoisotopic (exact) mass is 709 g/mol. The van der Waals surface area contributed by atoms with Crippen molar-refractivity contribution < 1.29 is 0 Å². The highest BCUT2D eigenvalue weighted by molar-refractivity contribution is 6.36. The second kappa shape index (κ2) is 13.6. The summed E-state index contributed by atoms with van der Waals surface area (Å²) in [5, 5.41) is 21.6. The molecule has 47 heavy (non-hydrogen) atoms. The number of nitrogens with one attached hydrogen (secondary N) is 4. The molecule has 1 fully saturated rings. The molecule has 9 nitrogen and oxygen atoms in total. The van der Waals surface area contributed by atoms with Gasteiger partial charge in [-0.15, -0.1) is 5.53 Å². The highest BCUT2D eigenvalue weighted by atomic mass is 35.5. The summed E-state index contributed by atoms with van der Waals surface area (Å²) in [4.78, 5) is 11.4. The Morgan fingerprint density at radius 2 is 1.70 bits per heavy atom. The zero-order chi connectivity index (χ0) is 33.5. The Bertz CT molecular complexity index is 1890. The first-order valence-corrected chi connectivity index (χ1v) is 16.8. The van der Waals surface area contributed by atoms with Crippen LogP contribution in [0.3, 0.4) is 0 Å². The van der Waals surface area contributed by atoms with Gasteiger partial charge in [0, 0.05) is 70.6 Å². The first-order chi connectivity index (χ1) is 22.4. The summed E-state index contributed by atoms with van der Waals surface area (Å²) in [5.41, 5.74) is 12.2. The Hall–Kier alpha value is -3.49. The second-order valence-electron chi connectivity index (χ2n) is 12.8. The first-order valence-electron chi connectivity index (χ1n) is 15.3. The van der Waals surface area contributed by atoms with Gasteiger partial charge in [0.05, 0.1) is 38.6 Å². The summed E-state index contributed by atoms with van der Waals surface area (Å²) < 4.78 is 0. The summed E-state index contributed by atoms with van der Waals surface area (Å²) in [5.74, 6) is 0. The molecular weight excluding hydrogens is 676 g/mol.